The number of hydrogen-bond donors (Lipinski definition) is 0. The molecule has 0 bridgehead atoms. The summed E-state index contributed by atoms with van der Waals surface area (Å²) in [6.45, 7) is 8.35. The first-order valence-corrected chi connectivity index (χ1v) is 12.8. The van der Waals surface area contributed by atoms with Crippen LogP contribution in [0.5, 0.6) is 11.5 Å². The average Bonchev–Trinajstić information content (AvgIpc) is 3.54. The predicted octanol–water partition coefficient (Wildman–Crippen LogP) is 5.45. The molecule has 1 saturated heterocycles. The Labute approximate surface area is 217 Å². The van der Waals surface area contributed by atoms with E-state index in [1.54, 1.807) is 0 Å². The summed E-state index contributed by atoms with van der Waals surface area (Å²) in [6, 6.07) is 27.0. The number of piperazine rings is 1. The summed E-state index contributed by atoms with van der Waals surface area (Å²) in [6.07, 6.45) is 0. The first-order valence-electron chi connectivity index (χ1n) is 12.8. The third kappa shape index (κ3) is 4.60. The summed E-state index contributed by atoms with van der Waals surface area (Å²) in [5, 5.41) is 0. The number of rotatable bonds is 5. The molecule has 0 unspecified atom stereocenters. The van der Waals surface area contributed by atoms with Crippen LogP contribution in [0.4, 0.5) is 0 Å². The van der Waals surface area contributed by atoms with Gasteiger partial charge in [-0.2, -0.15) is 0 Å². The van der Waals surface area contributed by atoms with Gasteiger partial charge in [-0.15, -0.1) is 0 Å². The van der Waals surface area contributed by atoms with Crippen molar-refractivity contribution in [2.24, 2.45) is 0 Å². The van der Waals surface area contributed by atoms with Crippen LogP contribution in [0.25, 0.3) is 16.9 Å². The van der Waals surface area contributed by atoms with E-state index in [-0.39, 0.29) is 12.7 Å². The zero-order valence-corrected chi connectivity index (χ0v) is 21.3. The number of ether oxygens (including phenoxy) is 2. The Kier molecular flexibility index (Phi) is 6.18. The normalized spacial score (nSPS) is 15.2. The minimum Gasteiger partial charge on any atom is -0.454 e. The molecule has 0 spiro atoms. The van der Waals surface area contributed by atoms with E-state index in [1.807, 2.05) is 29.2 Å². The summed E-state index contributed by atoms with van der Waals surface area (Å²) in [7, 11) is 0. The van der Waals surface area contributed by atoms with E-state index in [0.29, 0.717) is 13.1 Å². The van der Waals surface area contributed by atoms with Crippen molar-refractivity contribution in [2.75, 3.05) is 33.0 Å². The van der Waals surface area contributed by atoms with E-state index in [2.05, 4.69) is 77.9 Å². The number of fused-ring (bicyclic) bond motifs is 1. The molecule has 0 radical (unpaired) electrons. The lowest BCUT2D eigenvalue weighted by Gasteiger charge is -2.34. The minimum absolute atomic E-state index is 0.100. The summed E-state index contributed by atoms with van der Waals surface area (Å²) < 4.78 is 13.2. The molecule has 6 nitrogen and oxygen atoms in total. The number of hydrogen-bond acceptors (Lipinski definition) is 4. The van der Waals surface area contributed by atoms with Crippen LogP contribution in [-0.4, -0.2) is 53.2 Å². The van der Waals surface area contributed by atoms with Crippen LogP contribution >= 0.6 is 0 Å². The molecule has 0 atom stereocenters. The van der Waals surface area contributed by atoms with Crippen LogP contribution in [-0.2, 0) is 6.54 Å². The van der Waals surface area contributed by atoms with Crippen LogP contribution in [0.3, 0.4) is 0 Å². The Hall–Kier alpha value is -4.03. The fourth-order valence-corrected chi connectivity index (χ4v) is 5.25. The first kappa shape index (κ1) is 23.4. The van der Waals surface area contributed by atoms with Crippen LogP contribution in [0.1, 0.15) is 27.2 Å². The maximum Gasteiger partial charge on any atom is 0.255 e. The molecule has 6 rings (SSSR count). The Morgan fingerprint density at radius 3 is 2.30 bits per heavy atom. The molecule has 0 aliphatic carbocycles. The number of carbonyl (C=O) groups is 1. The first-order chi connectivity index (χ1) is 18.1. The summed E-state index contributed by atoms with van der Waals surface area (Å²) in [5.41, 5.74) is 7.34. The van der Waals surface area contributed by atoms with Gasteiger partial charge in [0, 0.05) is 44.1 Å². The van der Waals surface area contributed by atoms with Crippen molar-refractivity contribution < 1.29 is 14.3 Å². The maximum absolute atomic E-state index is 13.8. The van der Waals surface area contributed by atoms with Crippen molar-refractivity contribution in [3.63, 3.8) is 0 Å². The number of benzene rings is 3. The van der Waals surface area contributed by atoms with E-state index in [0.717, 1.165) is 59.3 Å². The van der Waals surface area contributed by atoms with Crippen molar-refractivity contribution in [1.29, 1.82) is 0 Å². The van der Waals surface area contributed by atoms with Gasteiger partial charge in [-0.05, 0) is 55.3 Å². The van der Waals surface area contributed by atoms with Crippen molar-refractivity contribution in [2.45, 2.75) is 20.4 Å². The SMILES string of the molecule is Cc1ccc(-n2c(-c3ccccc3)cc(C(=O)N3CCN(Cc4ccc5c(c4)OCO5)CC3)c2C)cc1. The molecule has 37 heavy (non-hydrogen) atoms. The van der Waals surface area contributed by atoms with Gasteiger partial charge in [-0.3, -0.25) is 9.69 Å². The molecule has 2 aliphatic heterocycles. The van der Waals surface area contributed by atoms with Gasteiger partial charge in [0.15, 0.2) is 11.5 Å². The van der Waals surface area contributed by atoms with Crippen LogP contribution < -0.4 is 9.47 Å². The molecule has 6 heteroatoms. The van der Waals surface area contributed by atoms with Gasteiger partial charge in [0.05, 0.1) is 11.3 Å². The van der Waals surface area contributed by atoms with Crippen molar-refractivity contribution in [1.82, 2.24) is 14.4 Å². The van der Waals surface area contributed by atoms with E-state index in [4.69, 9.17) is 9.47 Å². The van der Waals surface area contributed by atoms with Gasteiger partial charge in [0.25, 0.3) is 5.91 Å². The van der Waals surface area contributed by atoms with E-state index >= 15 is 0 Å². The Morgan fingerprint density at radius 2 is 1.54 bits per heavy atom. The third-order valence-electron chi connectivity index (χ3n) is 7.34. The molecule has 2 aliphatic rings. The maximum atomic E-state index is 13.8. The van der Waals surface area contributed by atoms with Gasteiger partial charge in [-0.1, -0.05) is 54.1 Å². The smallest absolute Gasteiger partial charge is 0.255 e. The molecule has 1 amide bonds. The predicted molar refractivity (Wildman–Crippen MR) is 144 cm³/mol. The van der Waals surface area contributed by atoms with Crippen molar-refractivity contribution >= 4 is 5.91 Å². The Balaban J connectivity index is 1.21. The highest BCUT2D eigenvalue weighted by Crippen LogP contribution is 2.33. The monoisotopic (exact) mass is 493 g/mol. The van der Waals surface area contributed by atoms with Gasteiger partial charge in [0.2, 0.25) is 6.79 Å². The molecule has 0 N–H and O–H groups in total. The van der Waals surface area contributed by atoms with Crippen LogP contribution in [0, 0.1) is 13.8 Å². The van der Waals surface area contributed by atoms with Crippen LogP contribution in [0.2, 0.25) is 0 Å². The molecule has 1 aromatic heterocycles. The molecule has 0 saturated carbocycles. The summed E-state index contributed by atoms with van der Waals surface area (Å²) in [5.74, 6) is 1.72. The van der Waals surface area contributed by atoms with Gasteiger partial charge in [-0.25, -0.2) is 0 Å². The van der Waals surface area contributed by atoms with E-state index in [1.165, 1.54) is 11.1 Å². The van der Waals surface area contributed by atoms with Gasteiger partial charge in [0.1, 0.15) is 0 Å². The topological polar surface area (TPSA) is 46.9 Å². The van der Waals surface area contributed by atoms with Gasteiger partial charge >= 0.3 is 0 Å². The van der Waals surface area contributed by atoms with Gasteiger partial charge < -0.3 is 18.9 Å². The number of nitrogens with zero attached hydrogens (tertiary/aromatic N) is 3. The van der Waals surface area contributed by atoms with Crippen molar-refractivity contribution in [3.8, 4) is 28.4 Å². The second kappa shape index (κ2) is 9.79. The zero-order valence-electron chi connectivity index (χ0n) is 21.3. The molecule has 4 aromatic rings. The molecule has 3 heterocycles. The minimum atomic E-state index is 0.100. The Bertz CT molecular complexity index is 1420. The number of aromatic nitrogens is 1. The van der Waals surface area contributed by atoms with Crippen molar-refractivity contribution in [3.05, 3.63) is 101 Å². The highest BCUT2D eigenvalue weighted by atomic mass is 16.7. The highest BCUT2D eigenvalue weighted by molar-refractivity contribution is 5.97. The summed E-state index contributed by atoms with van der Waals surface area (Å²) >= 11 is 0. The quantitative estimate of drug-likeness (QED) is 0.371. The number of carbonyl (C=O) groups excluding carboxylic acids is 1. The van der Waals surface area contributed by atoms with Crippen LogP contribution in [0.15, 0.2) is 78.9 Å². The molecular formula is C31H31N3O3. The number of amides is 1. The summed E-state index contributed by atoms with van der Waals surface area (Å²) in [4.78, 5) is 18.1. The Morgan fingerprint density at radius 1 is 0.811 bits per heavy atom. The van der Waals surface area contributed by atoms with E-state index in [9.17, 15) is 4.79 Å². The lowest BCUT2D eigenvalue weighted by Crippen LogP contribution is -2.48. The fourth-order valence-electron chi connectivity index (χ4n) is 5.25. The molecule has 188 valence electrons. The third-order valence-corrected chi connectivity index (χ3v) is 7.34. The fraction of sp³-hybridized carbons (Fsp3) is 0.258. The highest BCUT2D eigenvalue weighted by Gasteiger charge is 2.27. The van der Waals surface area contributed by atoms with E-state index < -0.39 is 0 Å². The largest absolute Gasteiger partial charge is 0.454 e. The molecule has 1 fully saturated rings. The lowest BCUT2D eigenvalue weighted by molar-refractivity contribution is 0.0628. The average molecular weight is 494 g/mol. The standard InChI is InChI=1S/C31H31N3O3/c1-22-8-11-26(12-9-22)34-23(2)27(19-28(34)25-6-4-3-5-7-25)31(35)33-16-14-32(15-17-33)20-24-10-13-29-30(18-24)37-21-36-29/h3-13,18-19H,14-17,20-21H2,1-2H3. The molecule has 3 aromatic carbocycles. The number of aryl methyl sites for hydroxylation is 1. The second-order valence-electron chi connectivity index (χ2n) is 9.82. The second-order valence-corrected chi connectivity index (χ2v) is 9.82. The zero-order chi connectivity index (χ0) is 25.4. The lowest BCUT2D eigenvalue weighted by atomic mass is 10.1. The molecular weight excluding hydrogens is 462 g/mol.